The Labute approximate surface area is 132 Å². The van der Waals surface area contributed by atoms with Gasteiger partial charge < -0.3 is 15.5 Å². The van der Waals surface area contributed by atoms with Crippen LogP contribution in [0.25, 0.3) is 0 Å². The van der Waals surface area contributed by atoms with Gasteiger partial charge in [-0.1, -0.05) is 32.0 Å². The minimum atomic E-state index is -0.359. The molecule has 1 unspecified atom stereocenters. The van der Waals surface area contributed by atoms with Gasteiger partial charge in [-0.25, -0.2) is 4.79 Å². The van der Waals surface area contributed by atoms with Crippen LogP contribution in [-0.4, -0.2) is 36.0 Å². The lowest BCUT2D eigenvalue weighted by Crippen LogP contribution is -2.48. The van der Waals surface area contributed by atoms with Crippen LogP contribution in [-0.2, 0) is 4.79 Å². The molecule has 3 amide bonds. The van der Waals surface area contributed by atoms with E-state index in [1.54, 1.807) is 4.90 Å². The standard InChI is InChI=1S/C17H25N3O2/c1-12(2)11-18-16(21)15-9-6-10-20(15)17(22)19-14-8-5-4-7-13(14)3/h4-5,7-8,12,15H,6,9-11H2,1-3H3,(H,18,21)(H,19,22). The lowest BCUT2D eigenvalue weighted by Gasteiger charge is -2.25. The number of carbonyl (C=O) groups excluding carboxylic acids is 2. The number of nitrogens with one attached hydrogen (secondary N) is 2. The maximum atomic E-state index is 12.5. The van der Waals surface area contributed by atoms with E-state index in [1.165, 1.54) is 0 Å². The largest absolute Gasteiger partial charge is 0.354 e. The lowest BCUT2D eigenvalue weighted by molar-refractivity contribution is -0.124. The minimum Gasteiger partial charge on any atom is -0.354 e. The third kappa shape index (κ3) is 4.00. The molecule has 1 aliphatic heterocycles. The third-order valence-electron chi connectivity index (χ3n) is 3.89. The van der Waals surface area contributed by atoms with Gasteiger partial charge in [0.05, 0.1) is 0 Å². The van der Waals surface area contributed by atoms with E-state index in [2.05, 4.69) is 24.5 Å². The van der Waals surface area contributed by atoms with E-state index < -0.39 is 0 Å². The highest BCUT2D eigenvalue weighted by atomic mass is 16.2. The number of hydrogen-bond acceptors (Lipinski definition) is 2. The van der Waals surface area contributed by atoms with Crippen molar-refractivity contribution in [3.63, 3.8) is 0 Å². The van der Waals surface area contributed by atoms with Crippen molar-refractivity contribution >= 4 is 17.6 Å². The van der Waals surface area contributed by atoms with Gasteiger partial charge in [0.1, 0.15) is 6.04 Å². The van der Waals surface area contributed by atoms with E-state index in [9.17, 15) is 9.59 Å². The molecule has 22 heavy (non-hydrogen) atoms. The van der Waals surface area contributed by atoms with E-state index in [-0.39, 0.29) is 18.0 Å². The predicted molar refractivity (Wildman–Crippen MR) is 87.8 cm³/mol. The fourth-order valence-electron chi connectivity index (χ4n) is 2.61. The highest BCUT2D eigenvalue weighted by molar-refractivity contribution is 5.94. The van der Waals surface area contributed by atoms with E-state index in [1.807, 2.05) is 31.2 Å². The lowest BCUT2D eigenvalue weighted by atomic mass is 10.2. The van der Waals surface area contributed by atoms with Crippen LogP contribution in [0.2, 0.25) is 0 Å². The van der Waals surface area contributed by atoms with Gasteiger partial charge in [0.15, 0.2) is 0 Å². The molecular formula is C17H25N3O2. The van der Waals surface area contributed by atoms with E-state index in [4.69, 9.17) is 0 Å². The van der Waals surface area contributed by atoms with Gasteiger partial charge in [0.25, 0.3) is 0 Å². The Morgan fingerprint density at radius 3 is 2.73 bits per heavy atom. The zero-order valence-corrected chi connectivity index (χ0v) is 13.6. The summed E-state index contributed by atoms with van der Waals surface area (Å²) in [5.41, 5.74) is 1.80. The zero-order chi connectivity index (χ0) is 16.1. The summed E-state index contributed by atoms with van der Waals surface area (Å²) in [6, 6.07) is 7.09. The predicted octanol–water partition coefficient (Wildman–Crippen LogP) is 2.76. The van der Waals surface area contributed by atoms with Gasteiger partial charge in [-0.3, -0.25) is 4.79 Å². The fourth-order valence-corrected chi connectivity index (χ4v) is 2.61. The number of nitrogens with zero attached hydrogens (tertiary/aromatic N) is 1. The molecule has 1 aliphatic rings. The Balaban J connectivity index is 1.99. The molecule has 1 aromatic rings. The molecule has 0 radical (unpaired) electrons. The summed E-state index contributed by atoms with van der Waals surface area (Å²) in [5.74, 6) is 0.353. The van der Waals surface area contributed by atoms with Crippen molar-refractivity contribution in [3.8, 4) is 0 Å². The van der Waals surface area contributed by atoms with E-state index in [0.29, 0.717) is 19.0 Å². The molecule has 0 aliphatic carbocycles. The van der Waals surface area contributed by atoms with Crippen LogP contribution in [0.3, 0.4) is 0 Å². The number of hydrogen-bond donors (Lipinski definition) is 2. The van der Waals surface area contributed by atoms with Gasteiger partial charge >= 0.3 is 6.03 Å². The molecule has 1 aromatic carbocycles. The van der Waals surface area contributed by atoms with Gasteiger partial charge in [-0.15, -0.1) is 0 Å². The van der Waals surface area contributed by atoms with E-state index >= 15 is 0 Å². The first-order chi connectivity index (χ1) is 10.5. The molecular weight excluding hydrogens is 278 g/mol. The summed E-state index contributed by atoms with van der Waals surface area (Å²) >= 11 is 0. The Morgan fingerprint density at radius 1 is 1.32 bits per heavy atom. The van der Waals surface area contributed by atoms with Crippen LogP contribution < -0.4 is 10.6 Å². The van der Waals surface area contributed by atoms with Crippen molar-refractivity contribution in [2.75, 3.05) is 18.4 Å². The summed E-state index contributed by atoms with van der Waals surface area (Å²) in [6.07, 6.45) is 1.59. The van der Waals surface area contributed by atoms with Crippen molar-refractivity contribution in [1.82, 2.24) is 10.2 Å². The zero-order valence-electron chi connectivity index (χ0n) is 13.6. The molecule has 0 aromatic heterocycles. The molecule has 5 heteroatoms. The molecule has 0 saturated carbocycles. The summed E-state index contributed by atoms with van der Waals surface area (Å²) in [6.45, 7) is 7.32. The number of aryl methyl sites for hydroxylation is 1. The number of urea groups is 1. The molecule has 1 atom stereocenters. The second-order valence-electron chi connectivity index (χ2n) is 6.24. The Bertz CT molecular complexity index is 542. The summed E-state index contributed by atoms with van der Waals surface area (Å²) < 4.78 is 0. The maximum Gasteiger partial charge on any atom is 0.322 e. The minimum absolute atomic E-state index is 0.0499. The second-order valence-corrected chi connectivity index (χ2v) is 6.24. The van der Waals surface area contributed by atoms with Crippen LogP contribution in [0.5, 0.6) is 0 Å². The number of para-hydroxylation sites is 1. The van der Waals surface area contributed by atoms with Crippen molar-refractivity contribution in [1.29, 1.82) is 0 Å². The normalized spacial score (nSPS) is 17.6. The fraction of sp³-hybridized carbons (Fsp3) is 0.529. The number of anilines is 1. The summed E-state index contributed by atoms with van der Waals surface area (Å²) in [7, 11) is 0. The van der Waals surface area contributed by atoms with Crippen LogP contribution in [0.1, 0.15) is 32.3 Å². The molecule has 120 valence electrons. The Kier molecular flexibility index (Phi) is 5.41. The summed E-state index contributed by atoms with van der Waals surface area (Å²) in [5, 5.41) is 5.83. The van der Waals surface area contributed by atoms with Gasteiger partial charge in [0, 0.05) is 18.8 Å². The highest BCUT2D eigenvalue weighted by Crippen LogP contribution is 2.20. The molecule has 1 saturated heterocycles. The number of amides is 3. The smallest absolute Gasteiger partial charge is 0.322 e. The SMILES string of the molecule is Cc1ccccc1NC(=O)N1CCCC1C(=O)NCC(C)C. The molecule has 0 spiro atoms. The first-order valence-corrected chi connectivity index (χ1v) is 7.90. The average Bonchev–Trinajstić information content (AvgIpc) is 2.96. The first kappa shape index (κ1) is 16.3. The van der Waals surface area contributed by atoms with Crippen LogP contribution >= 0.6 is 0 Å². The van der Waals surface area contributed by atoms with Crippen molar-refractivity contribution < 1.29 is 9.59 Å². The summed E-state index contributed by atoms with van der Waals surface area (Å²) in [4.78, 5) is 26.3. The van der Waals surface area contributed by atoms with Gasteiger partial charge in [-0.2, -0.15) is 0 Å². The first-order valence-electron chi connectivity index (χ1n) is 7.90. The van der Waals surface area contributed by atoms with Gasteiger partial charge in [0.2, 0.25) is 5.91 Å². The van der Waals surface area contributed by atoms with Crippen LogP contribution in [0.4, 0.5) is 10.5 Å². The average molecular weight is 303 g/mol. The number of benzene rings is 1. The van der Waals surface area contributed by atoms with Crippen molar-refractivity contribution in [2.24, 2.45) is 5.92 Å². The molecule has 5 nitrogen and oxygen atoms in total. The number of likely N-dealkylation sites (tertiary alicyclic amines) is 1. The topological polar surface area (TPSA) is 61.4 Å². The second kappa shape index (κ2) is 7.29. The molecule has 0 bridgehead atoms. The molecule has 2 rings (SSSR count). The van der Waals surface area contributed by atoms with Crippen LogP contribution in [0, 0.1) is 12.8 Å². The van der Waals surface area contributed by atoms with E-state index in [0.717, 1.165) is 24.1 Å². The van der Waals surface area contributed by atoms with Crippen molar-refractivity contribution in [2.45, 2.75) is 39.7 Å². The quantitative estimate of drug-likeness (QED) is 0.898. The highest BCUT2D eigenvalue weighted by Gasteiger charge is 2.34. The van der Waals surface area contributed by atoms with Crippen LogP contribution in [0.15, 0.2) is 24.3 Å². The number of rotatable bonds is 4. The van der Waals surface area contributed by atoms with Crippen molar-refractivity contribution in [3.05, 3.63) is 29.8 Å². The third-order valence-corrected chi connectivity index (χ3v) is 3.89. The maximum absolute atomic E-state index is 12.5. The van der Waals surface area contributed by atoms with Gasteiger partial charge in [-0.05, 0) is 37.3 Å². The monoisotopic (exact) mass is 303 g/mol. The Hall–Kier alpha value is -2.04. The molecule has 1 heterocycles. The molecule has 2 N–H and O–H groups in total. The molecule has 1 fully saturated rings. The Morgan fingerprint density at radius 2 is 2.05 bits per heavy atom. The number of carbonyl (C=O) groups is 2.